The Labute approximate surface area is 144 Å². The molecule has 0 spiro atoms. The van der Waals surface area contributed by atoms with Crippen molar-refractivity contribution in [2.45, 2.75) is 45.7 Å². The fourth-order valence-electron chi connectivity index (χ4n) is 2.73. The second-order valence-corrected chi connectivity index (χ2v) is 6.24. The van der Waals surface area contributed by atoms with Crippen molar-refractivity contribution in [2.75, 3.05) is 11.9 Å². The SMILES string of the molecule is CC(C)NC(=O)c1ccccc1NC(=O)[C@H]1CCN[C@@H](C)C1.Cl. The Balaban J connectivity index is 0.00000264. The summed E-state index contributed by atoms with van der Waals surface area (Å²) >= 11 is 0. The van der Waals surface area contributed by atoms with Gasteiger partial charge < -0.3 is 16.0 Å². The van der Waals surface area contributed by atoms with Gasteiger partial charge in [0.15, 0.2) is 0 Å². The van der Waals surface area contributed by atoms with Crippen molar-refractivity contribution >= 4 is 29.9 Å². The molecule has 6 heteroatoms. The van der Waals surface area contributed by atoms with E-state index in [1.165, 1.54) is 0 Å². The summed E-state index contributed by atoms with van der Waals surface area (Å²) in [5.41, 5.74) is 1.09. The first-order valence-corrected chi connectivity index (χ1v) is 7.91. The number of rotatable bonds is 4. The molecule has 1 heterocycles. The molecule has 2 amide bonds. The Morgan fingerprint density at radius 2 is 1.96 bits per heavy atom. The van der Waals surface area contributed by atoms with Gasteiger partial charge in [-0.2, -0.15) is 0 Å². The van der Waals surface area contributed by atoms with Crippen LogP contribution in [0, 0.1) is 5.92 Å². The van der Waals surface area contributed by atoms with Crippen molar-refractivity contribution in [1.29, 1.82) is 0 Å². The third-order valence-electron chi connectivity index (χ3n) is 3.84. The maximum absolute atomic E-state index is 12.4. The van der Waals surface area contributed by atoms with Crippen molar-refractivity contribution in [2.24, 2.45) is 5.92 Å². The van der Waals surface area contributed by atoms with E-state index in [1.54, 1.807) is 18.2 Å². The Bertz CT molecular complexity index is 548. The quantitative estimate of drug-likeness (QED) is 0.789. The smallest absolute Gasteiger partial charge is 0.253 e. The summed E-state index contributed by atoms with van der Waals surface area (Å²) < 4.78 is 0. The molecule has 2 rings (SSSR count). The maximum Gasteiger partial charge on any atom is 0.253 e. The number of nitrogens with one attached hydrogen (secondary N) is 3. The van der Waals surface area contributed by atoms with Gasteiger partial charge in [-0.15, -0.1) is 12.4 Å². The molecular weight excluding hydrogens is 314 g/mol. The highest BCUT2D eigenvalue weighted by molar-refractivity contribution is 6.04. The number of carbonyl (C=O) groups excluding carboxylic acids is 2. The van der Waals surface area contributed by atoms with Gasteiger partial charge in [0.25, 0.3) is 5.91 Å². The minimum atomic E-state index is -0.162. The van der Waals surface area contributed by atoms with Gasteiger partial charge in [0.2, 0.25) is 5.91 Å². The van der Waals surface area contributed by atoms with Crippen molar-refractivity contribution in [3.05, 3.63) is 29.8 Å². The fraction of sp³-hybridized carbons (Fsp3) is 0.529. The van der Waals surface area contributed by atoms with E-state index in [9.17, 15) is 9.59 Å². The fourth-order valence-corrected chi connectivity index (χ4v) is 2.73. The number of hydrogen-bond acceptors (Lipinski definition) is 3. The summed E-state index contributed by atoms with van der Waals surface area (Å²) in [6.45, 7) is 6.77. The molecule has 2 atom stereocenters. The van der Waals surface area contributed by atoms with Crippen LogP contribution < -0.4 is 16.0 Å². The van der Waals surface area contributed by atoms with Gasteiger partial charge in [-0.1, -0.05) is 12.1 Å². The molecule has 3 N–H and O–H groups in total. The largest absolute Gasteiger partial charge is 0.350 e. The van der Waals surface area contributed by atoms with Crippen LogP contribution >= 0.6 is 12.4 Å². The molecule has 0 unspecified atom stereocenters. The summed E-state index contributed by atoms with van der Waals surface area (Å²) in [6.07, 6.45) is 1.66. The van der Waals surface area contributed by atoms with E-state index >= 15 is 0 Å². The van der Waals surface area contributed by atoms with Crippen LogP contribution in [0.1, 0.15) is 44.0 Å². The molecule has 1 saturated heterocycles. The maximum atomic E-state index is 12.4. The second kappa shape index (κ2) is 8.89. The first-order chi connectivity index (χ1) is 10.5. The van der Waals surface area contributed by atoms with E-state index < -0.39 is 0 Å². The van der Waals surface area contributed by atoms with Crippen molar-refractivity contribution in [3.63, 3.8) is 0 Å². The van der Waals surface area contributed by atoms with Crippen LogP contribution in [-0.2, 0) is 4.79 Å². The second-order valence-electron chi connectivity index (χ2n) is 6.24. The van der Waals surface area contributed by atoms with Crippen LogP contribution in [-0.4, -0.2) is 30.4 Å². The summed E-state index contributed by atoms with van der Waals surface area (Å²) in [5.74, 6) is -0.166. The van der Waals surface area contributed by atoms with Crippen LogP contribution in [0.25, 0.3) is 0 Å². The number of halogens is 1. The summed E-state index contributed by atoms with van der Waals surface area (Å²) in [4.78, 5) is 24.7. The van der Waals surface area contributed by atoms with Crippen LogP contribution in [0.4, 0.5) is 5.69 Å². The average molecular weight is 340 g/mol. The molecule has 1 aromatic rings. The zero-order valence-corrected chi connectivity index (χ0v) is 14.7. The zero-order chi connectivity index (χ0) is 16.1. The van der Waals surface area contributed by atoms with Crippen molar-refractivity contribution in [1.82, 2.24) is 10.6 Å². The lowest BCUT2D eigenvalue weighted by atomic mass is 9.92. The van der Waals surface area contributed by atoms with Crippen LogP contribution in [0.5, 0.6) is 0 Å². The summed E-state index contributed by atoms with van der Waals surface area (Å²) in [6, 6.07) is 7.55. The Morgan fingerprint density at radius 3 is 2.61 bits per heavy atom. The third kappa shape index (κ3) is 5.52. The molecule has 0 radical (unpaired) electrons. The predicted molar refractivity (Wildman–Crippen MR) is 95.1 cm³/mol. The number of para-hydroxylation sites is 1. The number of carbonyl (C=O) groups is 2. The summed E-state index contributed by atoms with van der Waals surface area (Å²) in [5, 5.41) is 9.12. The minimum Gasteiger partial charge on any atom is -0.350 e. The van der Waals surface area contributed by atoms with E-state index in [0.717, 1.165) is 19.4 Å². The van der Waals surface area contributed by atoms with Gasteiger partial charge in [0, 0.05) is 18.0 Å². The lowest BCUT2D eigenvalue weighted by Crippen LogP contribution is -2.40. The molecule has 1 aliphatic heterocycles. The molecule has 23 heavy (non-hydrogen) atoms. The van der Waals surface area contributed by atoms with Crippen LogP contribution in [0.3, 0.4) is 0 Å². The van der Waals surface area contributed by atoms with Gasteiger partial charge >= 0.3 is 0 Å². The highest BCUT2D eigenvalue weighted by Crippen LogP contribution is 2.21. The van der Waals surface area contributed by atoms with Crippen molar-refractivity contribution < 1.29 is 9.59 Å². The highest BCUT2D eigenvalue weighted by atomic mass is 35.5. The number of anilines is 1. The van der Waals surface area contributed by atoms with E-state index in [0.29, 0.717) is 17.3 Å². The monoisotopic (exact) mass is 339 g/mol. The molecule has 5 nitrogen and oxygen atoms in total. The Morgan fingerprint density at radius 1 is 1.26 bits per heavy atom. The molecule has 128 valence electrons. The van der Waals surface area contributed by atoms with Gasteiger partial charge in [-0.3, -0.25) is 9.59 Å². The molecule has 0 aliphatic carbocycles. The van der Waals surface area contributed by atoms with Gasteiger partial charge in [-0.25, -0.2) is 0 Å². The van der Waals surface area contributed by atoms with E-state index in [1.807, 2.05) is 19.9 Å². The number of piperidine rings is 1. The van der Waals surface area contributed by atoms with Gasteiger partial charge in [0.05, 0.1) is 11.3 Å². The molecule has 1 aromatic carbocycles. The molecule has 0 saturated carbocycles. The lowest BCUT2D eigenvalue weighted by Gasteiger charge is -2.27. The van der Waals surface area contributed by atoms with E-state index in [-0.39, 0.29) is 36.2 Å². The standard InChI is InChI=1S/C17H25N3O2.ClH/c1-11(2)19-17(22)14-6-4-5-7-15(14)20-16(21)13-8-9-18-12(3)10-13;/h4-7,11-13,18H,8-10H2,1-3H3,(H,19,22)(H,20,21);1H/t12-,13-;/m0./s1. The van der Waals surface area contributed by atoms with Gasteiger partial charge in [-0.05, 0) is 52.3 Å². The lowest BCUT2D eigenvalue weighted by molar-refractivity contribution is -0.120. The molecule has 0 aromatic heterocycles. The van der Waals surface area contributed by atoms with E-state index in [2.05, 4.69) is 22.9 Å². The number of benzene rings is 1. The highest BCUT2D eigenvalue weighted by Gasteiger charge is 2.25. The summed E-state index contributed by atoms with van der Waals surface area (Å²) in [7, 11) is 0. The Hall–Kier alpha value is -1.59. The van der Waals surface area contributed by atoms with Crippen molar-refractivity contribution in [3.8, 4) is 0 Å². The minimum absolute atomic E-state index is 0. The third-order valence-corrected chi connectivity index (χ3v) is 3.84. The molecule has 1 fully saturated rings. The topological polar surface area (TPSA) is 70.2 Å². The molecule has 1 aliphatic rings. The number of amides is 2. The zero-order valence-electron chi connectivity index (χ0n) is 13.9. The predicted octanol–water partition coefficient (Wildman–Crippen LogP) is 2.57. The van der Waals surface area contributed by atoms with Crippen LogP contribution in [0.2, 0.25) is 0 Å². The average Bonchev–Trinajstić information content (AvgIpc) is 2.47. The normalized spacial score (nSPS) is 20.5. The van der Waals surface area contributed by atoms with Crippen LogP contribution in [0.15, 0.2) is 24.3 Å². The van der Waals surface area contributed by atoms with Gasteiger partial charge in [0.1, 0.15) is 0 Å². The number of hydrogen-bond donors (Lipinski definition) is 3. The molecule has 0 bridgehead atoms. The first-order valence-electron chi connectivity index (χ1n) is 7.91. The molecular formula is C17H26ClN3O2. The first kappa shape index (κ1) is 19.5. The van der Waals surface area contributed by atoms with E-state index in [4.69, 9.17) is 0 Å². The Kier molecular flexibility index (Phi) is 7.52.